The summed E-state index contributed by atoms with van der Waals surface area (Å²) in [7, 11) is 0. The fraction of sp³-hybridized carbons (Fsp3) is 0.474. The van der Waals surface area contributed by atoms with Crippen LogP contribution in [-0.4, -0.2) is 43.8 Å². The fourth-order valence-corrected chi connectivity index (χ4v) is 3.69. The summed E-state index contributed by atoms with van der Waals surface area (Å²) in [6.07, 6.45) is 4.71. The number of H-pyrrole nitrogens is 1. The molecule has 0 amide bonds. The number of aromatic nitrogens is 5. The van der Waals surface area contributed by atoms with Crippen LogP contribution in [0.1, 0.15) is 43.8 Å². The van der Waals surface area contributed by atoms with Crippen molar-refractivity contribution in [3.63, 3.8) is 0 Å². The Bertz CT molecular complexity index is 773. The number of aliphatic hydroxyl groups excluding tert-OH is 1. The molecule has 0 aromatic carbocycles. The predicted molar refractivity (Wildman–Crippen MR) is 100 cm³/mol. The molecule has 2 aromatic rings. The van der Waals surface area contributed by atoms with E-state index in [0.717, 1.165) is 24.3 Å². The van der Waals surface area contributed by atoms with Gasteiger partial charge in [-0.15, -0.1) is 5.10 Å². The average molecular weight is 354 g/mol. The largest absolute Gasteiger partial charge is 0.513 e. The quantitative estimate of drug-likeness (QED) is 0.690. The molecule has 138 valence electrons. The number of allylic oxidation sites excluding steroid dienone is 1. The highest BCUT2D eigenvalue weighted by atomic mass is 16.3. The van der Waals surface area contributed by atoms with E-state index in [1.54, 1.807) is 0 Å². The van der Waals surface area contributed by atoms with Crippen molar-refractivity contribution in [3.05, 3.63) is 53.8 Å². The van der Waals surface area contributed by atoms with Gasteiger partial charge in [-0.3, -0.25) is 4.98 Å². The van der Waals surface area contributed by atoms with Crippen molar-refractivity contribution in [1.29, 1.82) is 0 Å². The summed E-state index contributed by atoms with van der Waals surface area (Å²) in [6.45, 7) is 11.8. The first kappa shape index (κ1) is 18.3. The van der Waals surface area contributed by atoms with Gasteiger partial charge >= 0.3 is 0 Å². The van der Waals surface area contributed by atoms with Gasteiger partial charge in [0.15, 0.2) is 5.82 Å². The van der Waals surface area contributed by atoms with Gasteiger partial charge in [0.1, 0.15) is 0 Å². The van der Waals surface area contributed by atoms with Crippen LogP contribution in [0.15, 0.2) is 36.7 Å². The second kappa shape index (κ2) is 7.37. The van der Waals surface area contributed by atoms with Gasteiger partial charge in [0.2, 0.25) is 0 Å². The van der Waals surface area contributed by atoms with Crippen molar-refractivity contribution in [1.82, 2.24) is 30.9 Å². The zero-order valence-electron chi connectivity index (χ0n) is 15.5. The van der Waals surface area contributed by atoms with Gasteiger partial charge in [0.25, 0.3) is 0 Å². The van der Waals surface area contributed by atoms with Crippen molar-refractivity contribution in [2.45, 2.75) is 33.1 Å². The Labute approximate surface area is 153 Å². The lowest BCUT2D eigenvalue weighted by Crippen LogP contribution is -2.30. The molecule has 0 spiro atoms. The molecule has 0 saturated carbocycles. The van der Waals surface area contributed by atoms with E-state index in [-0.39, 0.29) is 23.0 Å². The third kappa shape index (κ3) is 3.99. The molecule has 7 heteroatoms. The molecule has 1 aliphatic heterocycles. The summed E-state index contributed by atoms with van der Waals surface area (Å²) < 4.78 is 0. The van der Waals surface area contributed by atoms with Gasteiger partial charge < -0.3 is 10.4 Å². The topological polar surface area (TPSA) is 99.6 Å². The molecule has 2 atom stereocenters. The van der Waals surface area contributed by atoms with Gasteiger partial charge in [-0.05, 0) is 39.5 Å². The number of nitrogens with one attached hydrogen (secondary N) is 2. The van der Waals surface area contributed by atoms with E-state index in [0.29, 0.717) is 12.2 Å². The first-order valence-electron chi connectivity index (χ1n) is 8.82. The molecular weight excluding hydrogens is 328 g/mol. The molecule has 3 rings (SSSR count). The number of rotatable bonds is 6. The van der Waals surface area contributed by atoms with E-state index in [9.17, 15) is 5.11 Å². The van der Waals surface area contributed by atoms with Gasteiger partial charge in [-0.2, -0.15) is 0 Å². The Hall–Kier alpha value is -2.54. The van der Waals surface area contributed by atoms with E-state index in [1.165, 1.54) is 5.57 Å². The lowest BCUT2D eigenvalue weighted by Gasteiger charge is -2.35. The third-order valence-electron chi connectivity index (χ3n) is 4.82. The highest BCUT2D eigenvalue weighted by Crippen LogP contribution is 2.41. The molecular formula is C19H26N6O. The van der Waals surface area contributed by atoms with E-state index >= 15 is 0 Å². The number of aromatic amines is 1. The number of nitrogens with zero attached hydrogens (tertiary/aromatic N) is 4. The SMILES string of the molecule is C=C(O)[C@H]([C@H](Cc1ccc(C2=CCNC2)nc1)c1nnn[nH]1)C(C)(C)C. The Morgan fingerprint density at radius 3 is 2.65 bits per heavy atom. The average Bonchev–Trinajstić information content (AvgIpc) is 3.27. The monoisotopic (exact) mass is 354 g/mol. The van der Waals surface area contributed by atoms with Gasteiger partial charge in [0, 0.05) is 31.1 Å². The Balaban J connectivity index is 1.87. The van der Waals surface area contributed by atoms with Crippen LogP contribution < -0.4 is 5.32 Å². The van der Waals surface area contributed by atoms with Crippen LogP contribution in [0.2, 0.25) is 0 Å². The van der Waals surface area contributed by atoms with Crippen LogP contribution >= 0.6 is 0 Å². The van der Waals surface area contributed by atoms with E-state index in [4.69, 9.17) is 0 Å². The van der Waals surface area contributed by atoms with Crippen molar-refractivity contribution in [2.75, 3.05) is 13.1 Å². The molecule has 0 aliphatic carbocycles. The summed E-state index contributed by atoms with van der Waals surface area (Å²) in [4.78, 5) is 4.61. The highest BCUT2D eigenvalue weighted by Gasteiger charge is 2.37. The molecule has 0 fully saturated rings. The molecule has 3 N–H and O–H groups in total. The van der Waals surface area contributed by atoms with E-state index in [1.807, 2.05) is 12.3 Å². The summed E-state index contributed by atoms with van der Waals surface area (Å²) in [5.74, 6) is 0.471. The van der Waals surface area contributed by atoms with Gasteiger partial charge in [-0.1, -0.05) is 39.5 Å². The van der Waals surface area contributed by atoms with Gasteiger partial charge in [-0.25, -0.2) is 5.10 Å². The lowest BCUT2D eigenvalue weighted by molar-refractivity contribution is 0.167. The minimum absolute atomic E-state index is 0.123. The molecule has 1 aliphatic rings. The van der Waals surface area contributed by atoms with Crippen LogP contribution in [-0.2, 0) is 6.42 Å². The standard InChI is InChI=1S/C19H26N6O/c1-12(26)17(19(2,3)4)15(18-22-24-25-23-18)9-13-5-6-16(21-10-13)14-7-8-20-11-14/h5-7,10,15,17,20,26H,1,8-9,11H2,2-4H3,(H,22,23,24,25)/t15-,17+/m0/s1. The van der Waals surface area contributed by atoms with Crippen LogP contribution in [0.5, 0.6) is 0 Å². The molecule has 3 heterocycles. The van der Waals surface area contributed by atoms with Crippen LogP contribution in [0, 0.1) is 11.3 Å². The van der Waals surface area contributed by atoms with Crippen molar-refractivity contribution in [2.24, 2.45) is 11.3 Å². The second-order valence-corrected chi connectivity index (χ2v) is 7.84. The van der Waals surface area contributed by atoms with Crippen molar-refractivity contribution >= 4 is 5.57 Å². The normalized spacial score (nSPS) is 17.0. The Kier molecular flexibility index (Phi) is 5.18. The Morgan fingerprint density at radius 2 is 2.15 bits per heavy atom. The first-order chi connectivity index (χ1) is 12.4. The van der Waals surface area contributed by atoms with E-state index in [2.05, 4.69) is 70.4 Å². The zero-order valence-corrected chi connectivity index (χ0v) is 15.5. The number of hydrogen-bond acceptors (Lipinski definition) is 6. The minimum atomic E-state index is -0.197. The number of aliphatic hydroxyl groups is 1. The summed E-state index contributed by atoms with van der Waals surface area (Å²) in [5, 5.41) is 27.9. The predicted octanol–water partition coefficient (Wildman–Crippen LogP) is 2.64. The number of hydrogen-bond donors (Lipinski definition) is 3. The maximum atomic E-state index is 10.3. The van der Waals surface area contributed by atoms with Crippen LogP contribution in [0.4, 0.5) is 0 Å². The summed E-state index contributed by atoms with van der Waals surface area (Å²) in [5.41, 5.74) is 3.09. The fourth-order valence-electron chi connectivity index (χ4n) is 3.69. The number of tetrazole rings is 1. The van der Waals surface area contributed by atoms with Gasteiger partial charge in [0.05, 0.1) is 11.5 Å². The number of pyridine rings is 1. The van der Waals surface area contributed by atoms with Crippen LogP contribution in [0.3, 0.4) is 0 Å². The minimum Gasteiger partial charge on any atom is -0.513 e. The zero-order chi connectivity index (χ0) is 18.7. The van der Waals surface area contributed by atoms with Crippen LogP contribution in [0.25, 0.3) is 5.57 Å². The van der Waals surface area contributed by atoms with Crippen molar-refractivity contribution in [3.8, 4) is 0 Å². The van der Waals surface area contributed by atoms with Crippen molar-refractivity contribution < 1.29 is 5.11 Å². The summed E-state index contributed by atoms with van der Waals surface area (Å²) in [6, 6.07) is 4.13. The molecule has 0 saturated heterocycles. The Morgan fingerprint density at radius 1 is 1.35 bits per heavy atom. The third-order valence-corrected chi connectivity index (χ3v) is 4.82. The molecule has 7 nitrogen and oxygen atoms in total. The highest BCUT2D eigenvalue weighted by molar-refractivity contribution is 5.66. The molecule has 0 radical (unpaired) electrons. The molecule has 26 heavy (non-hydrogen) atoms. The lowest BCUT2D eigenvalue weighted by atomic mass is 9.70. The maximum Gasteiger partial charge on any atom is 0.152 e. The summed E-state index contributed by atoms with van der Waals surface area (Å²) >= 11 is 0. The molecule has 2 aromatic heterocycles. The first-order valence-corrected chi connectivity index (χ1v) is 8.82. The smallest absolute Gasteiger partial charge is 0.152 e. The molecule has 0 unspecified atom stereocenters. The second-order valence-electron chi connectivity index (χ2n) is 7.84. The van der Waals surface area contributed by atoms with E-state index < -0.39 is 0 Å². The molecule has 0 bridgehead atoms. The maximum absolute atomic E-state index is 10.3.